The Kier molecular flexibility index (Phi) is 6.86. The maximum Gasteiger partial charge on any atom is 0.232 e. The number of hydrogen-bond donors (Lipinski definition) is 2. The molecule has 0 fully saturated rings. The SMILES string of the molecule is CCCNCCCCS(=O)(=O)Nc1cnn(CC)c1. The molecule has 0 unspecified atom stereocenters. The summed E-state index contributed by atoms with van der Waals surface area (Å²) < 4.78 is 27.9. The van der Waals surface area contributed by atoms with Crippen LogP contribution in [-0.2, 0) is 16.6 Å². The molecule has 110 valence electrons. The highest BCUT2D eigenvalue weighted by atomic mass is 32.2. The molecule has 0 aromatic carbocycles. The van der Waals surface area contributed by atoms with Gasteiger partial charge in [0.2, 0.25) is 10.0 Å². The molecular formula is C12H24N4O2S. The molecule has 0 radical (unpaired) electrons. The highest BCUT2D eigenvalue weighted by Crippen LogP contribution is 2.08. The monoisotopic (exact) mass is 288 g/mol. The van der Waals surface area contributed by atoms with Gasteiger partial charge in [-0.15, -0.1) is 0 Å². The number of sulfonamides is 1. The quantitative estimate of drug-likeness (QED) is 0.639. The minimum absolute atomic E-state index is 0.151. The summed E-state index contributed by atoms with van der Waals surface area (Å²) in [5.41, 5.74) is 0.533. The standard InChI is InChI=1S/C12H24N4O2S/c1-3-7-13-8-5-6-9-19(17,18)15-12-10-14-16(4-2)11-12/h10-11,13,15H,3-9H2,1-2H3. The van der Waals surface area contributed by atoms with Gasteiger partial charge >= 0.3 is 0 Å². The summed E-state index contributed by atoms with van der Waals surface area (Å²) in [6, 6.07) is 0. The Labute approximate surface area is 115 Å². The van der Waals surface area contributed by atoms with Crippen LogP contribution in [0.4, 0.5) is 5.69 Å². The number of aryl methyl sites for hydroxylation is 1. The summed E-state index contributed by atoms with van der Waals surface area (Å²) in [4.78, 5) is 0. The largest absolute Gasteiger partial charge is 0.317 e. The van der Waals surface area contributed by atoms with Crippen molar-refractivity contribution in [1.29, 1.82) is 0 Å². The molecule has 7 heteroatoms. The van der Waals surface area contributed by atoms with Crippen LogP contribution in [0, 0.1) is 0 Å². The van der Waals surface area contributed by atoms with Crippen molar-refractivity contribution >= 4 is 15.7 Å². The summed E-state index contributed by atoms with van der Waals surface area (Å²) in [5, 5.41) is 7.28. The molecule has 0 saturated heterocycles. The third kappa shape index (κ3) is 6.58. The number of hydrogen-bond acceptors (Lipinski definition) is 4. The second kappa shape index (κ2) is 8.16. The summed E-state index contributed by atoms with van der Waals surface area (Å²) in [6.07, 6.45) is 5.86. The minimum Gasteiger partial charge on any atom is -0.317 e. The summed E-state index contributed by atoms with van der Waals surface area (Å²) in [6.45, 7) is 6.65. The van der Waals surface area contributed by atoms with Gasteiger partial charge < -0.3 is 5.32 Å². The summed E-state index contributed by atoms with van der Waals surface area (Å²) >= 11 is 0. The van der Waals surface area contributed by atoms with Crippen molar-refractivity contribution in [2.24, 2.45) is 0 Å². The summed E-state index contributed by atoms with van der Waals surface area (Å²) in [7, 11) is -3.25. The highest BCUT2D eigenvalue weighted by Gasteiger charge is 2.10. The topological polar surface area (TPSA) is 76.0 Å². The lowest BCUT2D eigenvalue weighted by Gasteiger charge is -2.06. The number of unbranched alkanes of at least 4 members (excludes halogenated alkanes) is 1. The van der Waals surface area contributed by atoms with E-state index in [0.717, 1.165) is 32.5 Å². The first-order valence-corrected chi connectivity index (χ1v) is 8.46. The molecule has 0 aliphatic carbocycles. The van der Waals surface area contributed by atoms with E-state index in [9.17, 15) is 8.42 Å². The first-order valence-electron chi connectivity index (χ1n) is 6.81. The van der Waals surface area contributed by atoms with Crippen molar-refractivity contribution in [1.82, 2.24) is 15.1 Å². The molecule has 0 aliphatic heterocycles. The van der Waals surface area contributed by atoms with E-state index in [2.05, 4.69) is 22.1 Å². The van der Waals surface area contributed by atoms with Crippen LogP contribution in [0.3, 0.4) is 0 Å². The molecule has 1 heterocycles. The lowest BCUT2D eigenvalue weighted by atomic mass is 10.3. The Balaban J connectivity index is 2.27. The number of rotatable bonds is 10. The van der Waals surface area contributed by atoms with Gasteiger partial charge in [0.25, 0.3) is 0 Å². The molecule has 0 aliphatic rings. The first-order chi connectivity index (χ1) is 9.07. The summed E-state index contributed by atoms with van der Waals surface area (Å²) in [5.74, 6) is 0.151. The number of aromatic nitrogens is 2. The number of nitrogens with one attached hydrogen (secondary N) is 2. The fraction of sp³-hybridized carbons (Fsp3) is 0.750. The van der Waals surface area contributed by atoms with Crippen LogP contribution in [0.5, 0.6) is 0 Å². The van der Waals surface area contributed by atoms with Crippen molar-refractivity contribution in [3.8, 4) is 0 Å². The maximum absolute atomic E-state index is 11.8. The van der Waals surface area contributed by atoms with Crippen LogP contribution >= 0.6 is 0 Å². The van der Waals surface area contributed by atoms with E-state index in [0.29, 0.717) is 12.1 Å². The predicted octanol–water partition coefficient (Wildman–Crippen LogP) is 1.42. The average Bonchev–Trinajstić information content (AvgIpc) is 2.80. The maximum atomic E-state index is 11.8. The van der Waals surface area contributed by atoms with E-state index in [-0.39, 0.29) is 5.75 Å². The van der Waals surface area contributed by atoms with Gasteiger partial charge in [0.15, 0.2) is 0 Å². The van der Waals surface area contributed by atoms with E-state index in [4.69, 9.17) is 0 Å². The van der Waals surface area contributed by atoms with Gasteiger partial charge in [-0.25, -0.2) is 8.42 Å². The Bertz CT molecular complexity index is 456. The molecule has 1 rings (SSSR count). The zero-order chi connectivity index (χ0) is 14.1. The molecule has 0 amide bonds. The van der Waals surface area contributed by atoms with Crippen LogP contribution in [0.2, 0.25) is 0 Å². The van der Waals surface area contributed by atoms with Crippen molar-refractivity contribution in [2.75, 3.05) is 23.6 Å². The third-order valence-electron chi connectivity index (χ3n) is 2.67. The van der Waals surface area contributed by atoms with Gasteiger partial charge in [0.1, 0.15) is 0 Å². The van der Waals surface area contributed by atoms with Crippen LogP contribution in [0.25, 0.3) is 0 Å². The molecular weight excluding hydrogens is 264 g/mol. The van der Waals surface area contributed by atoms with Crippen molar-refractivity contribution in [2.45, 2.75) is 39.7 Å². The Morgan fingerprint density at radius 3 is 2.68 bits per heavy atom. The first kappa shape index (κ1) is 16.0. The van der Waals surface area contributed by atoms with Crippen LogP contribution in [0.15, 0.2) is 12.4 Å². The Morgan fingerprint density at radius 1 is 1.26 bits per heavy atom. The van der Waals surface area contributed by atoms with E-state index in [1.807, 2.05) is 6.92 Å². The van der Waals surface area contributed by atoms with Crippen molar-refractivity contribution in [3.05, 3.63) is 12.4 Å². The molecule has 0 spiro atoms. The predicted molar refractivity (Wildman–Crippen MR) is 77.7 cm³/mol. The van der Waals surface area contributed by atoms with E-state index >= 15 is 0 Å². The molecule has 0 bridgehead atoms. The lowest BCUT2D eigenvalue weighted by Crippen LogP contribution is -2.19. The molecule has 1 aromatic heterocycles. The smallest absolute Gasteiger partial charge is 0.232 e. The second-order valence-electron chi connectivity index (χ2n) is 4.46. The zero-order valence-electron chi connectivity index (χ0n) is 11.7. The van der Waals surface area contributed by atoms with Crippen molar-refractivity contribution in [3.63, 3.8) is 0 Å². The molecule has 2 N–H and O–H groups in total. The van der Waals surface area contributed by atoms with E-state index in [1.54, 1.807) is 10.9 Å². The van der Waals surface area contributed by atoms with Gasteiger partial charge in [-0.2, -0.15) is 5.10 Å². The van der Waals surface area contributed by atoms with Crippen molar-refractivity contribution < 1.29 is 8.42 Å². The number of anilines is 1. The Hall–Kier alpha value is -1.08. The third-order valence-corrected chi connectivity index (χ3v) is 4.05. The fourth-order valence-corrected chi connectivity index (χ4v) is 2.81. The second-order valence-corrected chi connectivity index (χ2v) is 6.30. The van der Waals surface area contributed by atoms with Crippen LogP contribution < -0.4 is 10.0 Å². The van der Waals surface area contributed by atoms with Gasteiger partial charge in [0, 0.05) is 12.7 Å². The van der Waals surface area contributed by atoms with Gasteiger partial charge in [0.05, 0.1) is 17.6 Å². The van der Waals surface area contributed by atoms with E-state index < -0.39 is 10.0 Å². The average molecular weight is 288 g/mol. The van der Waals surface area contributed by atoms with E-state index in [1.165, 1.54) is 6.20 Å². The van der Waals surface area contributed by atoms with Crippen LogP contribution in [0.1, 0.15) is 33.1 Å². The van der Waals surface area contributed by atoms with Gasteiger partial charge in [-0.1, -0.05) is 6.92 Å². The Morgan fingerprint density at radius 2 is 2.05 bits per heavy atom. The molecule has 0 atom stereocenters. The zero-order valence-corrected chi connectivity index (χ0v) is 12.5. The lowest BCUT2D eigenvalue weighted by molar-refractivity contribution is 0.590. The minimum atomic E-state index is -3.25. The molecule has 0 saturated carbocycles. The molecule has 1 aromatic rings. The molecule has 6 nitrogen and oxygen atoms in total. The fourth-order valence-electron chi connectivity index (χ4n) is 1.66. The van der Waals surface area contributed by atoms with Crippen LogP contribution in [-0.4, -0.2) is 37.0 Å². The normalized spacial score (nSPS) is 11.7. The van der Waals surface area contributed by atoms with Gasteiger partial charge in [-0.3, -0.25) is 9.40 Å². The number of nitrogens with zero attached hydrogens (tertiary/aromatic N) is 2. The van der Waals surface area contributed by atoms with Gasteiger partial charge in [-0.05, 0) is 39.3 Å². The molecule has 19 heavy (non-hydrogen) atoms. The highest BCUT2D eigenvalue weighted by molar-refractivity contribution is 7.92.